The molecule has 2 N–H and O–H groups in total. The lowest BCUT2D eigenvalue weighted by Crippen LogP contribution is -2.36. The van der Waals surface area contributed by atoms with Crippen molar-refractivity contribution in [1.82, 2.24) is 10.2 Å². The highest BCUT2D eigenvalue weighted by Crippen LogP contribution is 2.19. The van der Waals surface area contributed by atoms with Crippen molar-refractivity contribution >= 4 is 23.3 Å². The molecular weight excluding hydrogens is 350 g/mol. The average Bonchev–Trinajstić information content (AvgIpc) is 2.64. The number of anilines is 1. The lowest BCUT2D eigenvalue weighted by atomic mass is 10.1. The molecule has 1 fully saturated rings. The molecule has 1 heterocycles. The van der Waals surface area contributed by atoms with Crippen LogP contribution in [0.25, 0.3) is 0 Å². The second kappa shape index (κ2) is 9.03. The zero-order chi connectivity index (χ0) is 18.4. The number of hydrogen-bond acceptors (Lipinski definition) is 3. The van der Waals surface area contributed by atoms with Gasteiger partial charge in [0.2, 0.25) is 0 Å². The smallest absolute Gasteiger partial charge is 0.319 e. The molecule has 1 atom stereocenters. The van der Waals surface area contributed by atoms with Crippen molar-refractivity contribution in [1.29, 1.82) is 0 Å². The Bertz CT molecular complexity index is 730. The number of halogens is 1. The van der Waals surface area contributed by atoms with E-state index < -0.39 is 0 Å². The molecule has 3 rings (SSSR count). The lowest BCUT2D eigenvalue weighted by molar-refractivity contribution is 0.0343. The highest BCUT2D eigenvalue weighted by Gasteiger charge is 2.15. The number of nitrogens with one attached hydrogen (secondary N) is 2. The molecular formula is C20H24ClN3O2. The van der Waals surface area contributed by atoms with Gasteiger partial charge in [-0.05, 0) is 36.2 Å². The van der Waals surface area contributed by atoms with Crippen LogP contribution in [0.4, 0.5) is 10.5 Å². The summed E-state index contributed by atoms with van der Waals surface area (Å²) in [4.78, 5) is 14.8. The van der Waals surface area contributed by atoms with Gasteiger partial charge in [0.25, 0.3) is 0 Å². The maximum Gasteiger partial charge on any atom is 0.319 e. The first kappa shape index (κ1) is 18.7. The third kappa shape index (κ3) is 5.21. The van der Waals surface area contributed by atoms with Crippen LogP contribution in [0.2, 0.25) is 5.02 Å². The Balaban J connectivity index is 1.60. The van der Waals surface area contributed by atoms with Gasteiger partial charge >= 0.3 is 6.03 Å². The summed E-state index contributed by atoms with van der Waals surface area (Å²) < 4.78 is 5.40. The zero-order valence-electron chi connectivity index (χ0n) is 14.9. The SMILES string of the molecule is CC(NC(=O)Nc1ccccc1CN1CCOCC1)c1ccc(Cl)cc1. The molecule has 2 amide bonds. The molecule has 2 aromatic rings. The van der Waals surface area contributed by atoms with Crippen LogP contribution in [0.5, 0.6) is 0 Å². The minimum Gasteiger partial charge on any atom is -0.379 e. The molecule has 2 aromatic carbocycles. The monoisotopic (exact) mass is 373 g/mol. The maximum atomic E-state index is 12.4. The summed E-state index contributed by atoms with van der Waals surface area (Å²) in [6.45, 7) is 6.08. The number of amides is 2. The fourth-order valence-electron chi connectivity index (χ4n) is 2.97. The van der Waals surface area contributed by atoms with Gasteiger partial charge in [0.05, 0.1) is 19.3 Å². The fraction of sp³-hybridized carbons (Fsp3) is 0.350. The van der Waals surface area contributed by atoms with E-state index in [1.165, 1.54) is 0 Å². The van der Waals surface area contributed by atoms with Crippen molar-refractivity contribution in [3.05, 3.63) is 64.7 Å². The number of nitrogens with zero attached hydrogens (tertiary/aromatic N) is 1. The zero-order valence-corrected chi connectivity index (χ0v) is 15.6. The Morgan fingerprint density at radius 2 is 1.85 bits per heavy atom. The van der Waals surface area contributed by atoms with E-state index in [1.807, 2.05) is 55.5 Å². The van der Waals surface area contributed by atoms with E-state index in [-0.39, 0.29) is 12.1 Å². The number of rotatable bonds is 5. The van der Waals surface area contributed by atoms with Crippen molar-refractivity contribution in [2.24, 2.45) is 0 Å². The van der Waals surface area contributed by atoms with Crippen molar-refractivity contribution in [3.63, 3.8) is 0 Å². The van der Waals surface area contributed by atoms with E-state index in [9.17, 15) is 4.79 Å². The minimum atomic E-state index is -0.220. The minimum absolute atomic E-state index is 0.112. The molecule has 0 saturated carbocycles. The summed E-state index contributed by atoms with van der Waals surface area (Å²) in [6.07, 6.45) is 0. The Kier molecular flexibility index (Phi) is 6.50. The van der Waals surface area contributed by atoms with Gasteiger partial charge in [0.1, 0.15) is 0 Å². The summed E-state index contributed by atoms with van der Waals surface area (Å²) in [5, 5.41) is 6.63. The fourth-order valence-corrected chi connectivity index (χ4v) is 3.10. The first-order valence-electron chi connectivity index (χ1n) is 8.83. The van der Waals surface area contributed by atoms with Crippen molar-refractivity contribution < 1.29 is 9.53 Å². The van der Waals surface area contributed by atoms with Crippen LogP contribution in [-0.2, 0) is 11.3 Å². The van der Waals surface area contributed by atoms with Crippen LogP contribution in [0.3, 0.4) is 0 Å². The quantitative estimate of drug-likeness (QED) is 0.831. The number of ether oxygens (including phenoxy) is 1. The molecule has 1 aliphatic heterocycles. The molecule has 26 heavy (non-hydrogen) atoms. The van der Waals surface area contributed by atoms with Crippen LogP contribution in [0.1, 0.15) is 24.1 Å². The number of carbonyl (C=O) groups excluding carboxylic acids is 1. The molecule has 1 unspecified atom stereocenters. The van der Waals surface area contributed by atoms with E-state index in [0.29, 0.717) is 5.02 Å². The summed E-state index contributed by atoms with van der Waals surface area (Å²) in [5.41, 5.74) is 2.94. The molecule has 0 radical (unpaired) electrons. The molecule has 1 saturated heterocycles. The third-order valence-electron chi connectivity index (χ3n) is 4.48. The molecule has 0 aliphatic carbocycles. The molecule has 0 spiro atoms. The second-order valence-electron chi connectivity index (χ2n) is 6.42. The van der Waals surface area contributed by atoms with Crippen LogP contribution < -0.4 is 10.6 Å². The third-order valence-corrected chi connectivity index (χ3v) is 4.73. The topological polar surface area (TPSA) is 53.6 Å². The lowest BCUT2D eigenvalue weighted by Gasteiger charge is -2.27. The largest absolute Gasteiger partial charge is 0.379 e. The molecule has 1 aliphatic rings. The average molecular weight is 374 g/mol. The van der Waals surface area contributed by atoms with E-state index in [1.54, 1.807) is 0 Å². The van der Waals surface area contributed by atoms with Gasteiger partial charge in [-0.3, -0.25) is 4.90 Å². The van der Waals surface area contributed by atoms with Gasteiger partial charge in [-0.2, -0.15) is 0 Å². The van der Waals surface area contributed by atoms with Crippen molar-refractivity contribution in [2.45, 2.75) is 19.5 Å². The first-order valence-corrected chi connectivity index (χ1v) is 9.20. The van der Waals surface area contributed by atoms with Gasteiger partial charge in [0, 0.05) is 30.3 Å². The van der Waals surface area contributed by atoms with Gasteiger partial charge in [0.15, 0.2) is 0 Å². The predicted molar refractivity (Wildman–Crippen MR) is 105 cm³/mol. The number of carbonyl (C=O) groups is 1. The predicted octanol–water partition coefficient (Wildman–Crippen LogP) is 4.05. The van der Waals surface area contributed by atoms with Gasteiger partial charge in [-0.1, -0.05) is 41.9 Å². The second-order valence-corrected chi connectivity index (χ2v) is 6.85. The summed E-state index contributed by atoms with van der Waals surface area (Å²) in [5.74, 6) is 0. The first-order chi connectivity index (χ1) is 12.6. The number of para-hydroxylation sites is 1. The summed E-state index contributed by atoms with van der Waals surface area (Å²) >= 11 is 5.92. The number of hydrogen-bond donors (Lipinski definition) is 2. The summed E-state index contributed by atoms with van der Waals surface area (Å²) in [6, 6.07) is 15.1. The van der Waals surface area contributed by atoms with Crippen LogP contribution in [0, 0.1) is 0 Å². The van der Waals surface area contributed by atoms with Gasteiger partial charge in [-0.25, -0.2) is 4.79 Å². The van der Waals surface area contributed by atoms with Crippen LogP contribution >= 0.6 is 11.6 Å². The Morgan fingerprint density at radius 1 is 1.15 bits per heavy atom. The van der Waals surface area contributed by atoms with E-state index in [2.05, 4.69) is 15.5 Å². The number of urea groups is 1. The normalized spacial score (nSPS) is 16.1. The number of benzene rings is 2. The van der Waals surface area contributed by atoms with Crippen LogP contribution in [0.15, 0.2) is 48.5 Å². The van der Waals surface area contributed by atoms with Gasteiger partial charge < -0.3 is 15.4 Å². The Labute approximate surface area is 159 Å². The van der Waals surface area contributed by atoms with E-state index >= 15 is 0 Å². The van der Waals surface area contributed by atoms with Gasteiger partial charge in [-0.15, -0.1) is 0 Å². The summed E-state index contributed by atoms with van der Waals surface area (Å²) in [7, 11) is 0. The molecule has 138 valence electrons. The van der Waals surface area contributed by atoms with Crippen LogP contribution in [-0.4, -0.2) is 37.2 Å². The van der Waals surface area contributed by atoms with E-state index in [4.69, 9.17) is 16.3 Å². The van der Waals surface area contributed by atoms with Crippen molar-refractivity contribution in [3.8, 4) is 0 Å². The Hall–Kier alpha value is -2.08. The standard InChI is InChI=1S/C20H24ClN3O2/c1-15(16-6-8-18(21)9-7-16)22-20(25)23-19-5-3-2-4-17(19)14-24-10-12-26-13-11-24/h2-9,15H,10-14H2,1H3,(H2,22,23,25). The number of morpholine rings is 1. The highest BCUT2D eigenvalue weighted by molar-refractivity contribution is 6.30. The van der Waals surface area contributed by atoms with E-state index in [0.717, 1.165) is 49.7 Å². The Morgan fingerprint density at radius 3 is 2.58 bits per heavy atom. The molecule has 0 bridgehead atoms. The molecule has 0 aromatic heterocycles. The van der Waals surface area contributed by atoms with Crippen molar-refractivity contribution in [2.75, 3.05) is 31.6 Å². The molecule has 5 nitrogen and oxygen atoms in total. The highest BCUT2D eigenvalue weighted by atomic mass is 35.5. The molecule has 6 heteroatoms. The maximum absolute atomic E-state index is 12.4.